The number of fused-ring (bicyclic) bond motifs is 2. The Balaban J connectivity index is 1.36. The van der Waals surface area contributed by atoms with E-state index >= 15 is 0 Å². The number of carbonyl (C=O) groups excluding carboxylic acids is 1. The van der Waals surface area contributed by atoms with E-state index in [0.29, 0.717) is 24.0 Å². The topological polar surface area (TPSA) is 129 Å². The Bertz CT molecular complexity index is 1570. The Morgan fingerprint density at radius 2 is 2.06 bits per heavy atom. The normalized spacial score (nSPS) is 13.3. The summed E-state index contributed by atoms with van der Waals surface area (Å²) in [7, 11) is 0. The number of nitrogens with one attached hydrogen (secondary N) is 2. The zero-order chi connectivity index (χ0) is 23.9. The van der Waals surface area contributed by atoms with Crippen molar-refractivity contribution >= 4 is 34.1 Å². The van der Waals surface area contributed by atoms with Gasteiger partial charge in [-0.3, -0.25) is 9.48 Å². The van der Waals surface area contributed by atoms with Crippen molar-refractivity contribution in [1.82, 2.24) is 34.8 Å². The summed E-state index contributed by atoms with van der Waals surface area (Å²) in [5, 5.41) is 16.7. The molecule has 0 fully saturated rings. The van der Waals surface area contributed by atoms with Crippen molar-refractivity contribution in [3.8, 4) is 16.9 Å². The minimum Gasteiger partial charge on any atom is -0.383 e. The summed E-state index contributed by atoms with van der Waals surface area (Å²) in [6.45, 7) is 2.87. The molecule has 4 N–H and O–H groups in total. The number of aromatic nitrogens is 6. The molecule has 10 heteroatoms. The second kappa shape index (κ2) is 8.24. The van der Waals surface area contributed by atoms with Gasteiger partial charge in [0.25, 0.3) is 0 Å². The van der Waals surface area contributed by atoms with Crippen LogP contribution >= 0.6 is 0 Å². The van der Waals surface area contributed by atoms with Gasteiger partial charge in [0.1, 0.15) is 18.2 Å². The van der Waals surface area contributed by atoms with Crippen molar-refractivity contribution < 1.29 is 4.79 Å². The third-order valence-corrected chi connectivity index (χ3v) is 6.19. The Morgan fingerprint density at radius 1 is 1.14 bits per heavy atom. The molecule has 0 saturated heterocycles. The maximum atomic E-state index is 11.8. The van der Waals surface area contributed by atoms with E-state index in [1.807, 2.05) is 53.3 Å². The van der Waals surface area contributed by atoms with Gasteiger partial charge in [-0.05, 0) is 42.1 Å². The Morgan fingerprint density at radius 3 is 2.91 bits per heavy atom. The van der Waals surface area contributed by atoms with Gasteiger partial charge in [0.15, 0.2) is 5.82 Å². The number of hydrogen-bond acceptors (Lipinski definition) is 7. The predicted octanol–water partition coefficient (Wildman–Crippen LogP) is 2.99. The van der Waals surface area contributed by atoms with Gasteiger partial charge in [-0.15, -0.1) is 0 Å². The van der Waals surface area contributed by atoms with Gasteiger partial charge in [-0.1, -0.05) is 12.1 Å². The van der Waals surface area contributed by atoms with Crippen LogP contribution in [0.3, 0.4) is 0 Å². The second-order valence-electron chi connectivity index (χ2n) is 8.49. The number of carbonyl (C=O) groups is 1. The van der Waals surface area contributed by atoms with Crippen molar-refractivity contribution in [2.75, 3.05) is 17.6 Å². The molecule has 0 unspecified atom stereocenters. The first-order valence-electron chi connectivity index (χ1n) is 11.3. The fraction of sp³-hybridized carbons (Fsp3) is 0.160. The fourth-order valence-electron chi connectivity index (χ4n) is 4.45. The molecule has 0 aliphatic carbocycles. The number of pyridine rings is 2. The van der Waals surface area contributed by atoms with Crippen LogP contribution in [0.1, 0.15) is 11.3 Å². The van der Waals surface area contributed by atoms with Gasteiger partial charge in [-0.2, -0.15) is 10.2 Å². The maximum absolute atomic E-state index is 11.8. The van der Waals surface area contributed by atoms with Crippen molar-refractivity contribution in [3.63, 3.8) is 0 Å². The van der Waals surface area contributed by atoms with E-state index in [1.165, 1.54) is 0 Å². The Labute approximate surface area is 200 Å². The second-order valence-corrected chi connectivity index (χ2v) is 8.49. The first-order valence-corrected chi connectivity index (χ1v) is 11.3. The Hall–Kier alpha value is -4.73. The van der Waals surface area contributed by atoms with E-state index in [1.54, 1.807) is 17.1 Å². The van der Waals surface area contributed by atoms with Crippen molar-refractivity contribution in [2.45, 2.75) is 19.9 Å². The molecular formula is C25H23N9O. The van der Waals surface area contributed by atoms with Crippen LogP contribution in [0.2, 0.25) is 0 Å². The van der Waals surface area contributed by atoms with Crippen molar-refractivity contribution in [1.29, 1.82) is 0 Å². The van der Waals surface area contributed by atoms with E-state index in [0.717, 1.165) is 45.4 Å². The van der Waals surface area contributed by atoms with E-state index in [2.05, 4.69) is 37.7 Å². The van der Waals surface area contributed by atoms with Crippen LogP contribution in [0, 0.1) is 6.92 Å². The van der Waals surface area contributed by atoms with Crippen molar-refractivity contribution in [3.05, 3.63) is 72.3 Å². The standard InChI is InChI=1S/C25H23N9O/c1-15-18(4-2-5-21(15)33-9-3-7-29-33)20-10-16-11-22(28-13-19(16)25(26)30-20)31-23-12-17-6-8-27-24(35)14-34(17)32-23/h2-5,7,9-13H,6,8,14H2,1H3,(H2,26,30)(H,27,35)(H,28,31,32). The number of hydrogen-bond donors (Lipinski definition) is 3. The summed E-state index contributed by atoms with van der Waals surface area (Å²) in [5.41, 5.74) is 11.1. The third-order valence-electron chi connectivity index (χ3n) is 6.19. The number of nitrogens with two attached hydrogens (primary N) is 1. The zero-order valence-corrected chi connectivity index (χ0v) is 19.1. The summed E-state index contributed by atoms with van der Waals surface area (Å²) in [6.07, 6.45) is 6.12. The number of rotatable bonds is 4. The predicted molar refractivity (Wildman–Crippen MR) is 133 cm³/mol. The molecule has 5 heterocycles. The van der Waals surface area contributed by atoms with Crippen LogP contribution in [-0.2, 0) is 17.8 Å². The van der Waals surface area contributed by atoms with Gasteiger partial charge in [0.05, 0.1) is 11.4 Å². The van der Waals surface area contributed by atoms with Gasteiger partial charge in [0, 0.05) is 54.3 Å². The highest BCUT2D eigenvalue weighted by Crippen LogP contribution is 2.31. The number of nitrogen functional groups attached to an aromatic ring is 1. The van der Waals surface area contributed by atoms with Crippen molar-refractivity contribution in [2.24, 2.45) is 0 Å². The number of nitrogens with zero attached hydrogens (tertiary/aromatic N) is 6. The van der Waals surface area contributed by atoms with Gasteiger partial charge in [-0.25, -0.2) is 14.6 Å². The van der Waals surface area contributed by atoms with Crippen LogP contribution in [0.25, 0.3) is 27.7 Å². The van der Waals surface area contributed by atoms with E-state index in [4.69, 9.17) is 5.73 Å². The van der Waals surface area contributed by atoms with E-state index in [-0.39, 0.29) is 12.5 Å². The highest BCUT2D eigenvalue weighted by molar-refractivity contribution is 5.95. The average Bonchev–Trinajstić information content (AvgIpc) is 3.46. The molecule has 0 spiro atoms. The molecule has 1 aliphatic heterocycles. The lowest BCUT2D eigenvalue weighted by atomic mass is 10.0. The molecular weight excluding hydrogens is 442 g/mol. The molecule has 1 aromatic carbocycles. The molecule has 1 amide bonds. The zero-order valence-electron chi connectivity index (χ0n) is 19.1. The number of anilines is 3. The lowest BCUT2D eigenvalue weighted by Crippen LogP contribution is -2.25. The molecule has 174 valence electrons. The van der Waals surface area contributed by atoms with Crippen LogP contribution in [-0.4, -0.2) is 42.0 Å². The van der Waals surface area contributed by atoms with Gasteiger partial charge < -0.3 is 16.4 Å². The SMILES string of the molecule is Cc1c(-c2cc3cc(Nc4cc5n(n4)CC(=O)NCC5)ncc3c(N)n2)cccc1-n1cccn1. The number of amides is 1. The number of benzene rings is 1. The maximum Gasteiger partial charge on any atom is 0.241 e. The van der Waals surface area contributed by atoms with E-state index in [9.17, 15) is 4.79 Å². The minimum absolute atomic E-state index is 0.0374. The molecule has 0 bridgehead atoms. The van der Waals surface area contributed by atoms with Crippen LogP contribution in [0.15, 0.2) is 61.1 Å². The molecule has 0 radical (unpaired) electrons. The van der Waals surface area contributed by atoms with Gasteiger partial charge >= 0.3 is 0 Å². The molecule has 1 aliphatic rings. The molecule has 6 rings (SSSR count). The minimum atomic E-state index is -0.0374. The summed E-state index contributed by atoms with van der Waals surface area (Å²) in [6, 6.07) is 13.8. The average molecular weight is 466 g/mol. The molecule has 10 nitrogen and oxygen atoms in total. The molecule has 0 atom stereocenters. The molecule has 5 aromatic rings. The van der Waals surface area contributed by atoms with E-state index < -0.39 is 0 Å². The largest absolute Gasteiger partial charge is 0.383 e. The van der Waals surface area contributed by atoms with Gasteiger partial charge in [0.2, 0.25) is 5.91 Å². The van der Waals surface area contributed by atoms with Crippen LogP contribution in [0.4, 0.5) is 17.5 Å². The fourth-order valence-corrected chi connectivity index (χ4v) is 4.45. The van der Waals surface area contributed by atoms with Crippen LogP contribution in [0.5, 0.6) is 0 Å². The first-order chi connectivity index (χ1) is 17.0. The lowest BCUT2D eigenvalue weighted by molar-refractivity contribution is -0.121. The quantitative estimate of drug-likeness (QED) is 0.372. The molecule has 35 heavy (non-hydrogen) atoms. The summed E-state index contributed by atoms with van der Waals surface area (Å²) >= 11 is 0. The third kappa shape index (κ3) is 3.84. The lowest BCUT2D eigenvalue weighted by Gasteiger charge is -2.13. The highest BCUT2D eigenvalue weighted by atomic mass is 16.2. The summed E-state index contributed by atoms with van der Waals surface area (Å²) in [4.78, 5) is 21.0. The Kier molecular flexibility index (Phi) is 4.91. The molecule has 4 aromatic heterocycles. The first kappa shape index (κ1) is 20.8. The van der Waals surface area contributed by atoms with Crippen LogP contribution < -0.4 is 16.4 Å². The smallest absolute Gasteiger partial charge is 0.241 e. The monoisotopic (exact) mass is 465 g/mol. The highest BCUT2D eigenvalue weighted by Gasteiger charge is 2.16. The summed E-state index contributed by atoms with van der Waals surface area (Å²) in [5.74, 6) is 1.66. The molecule has 0 saturated carbocycles. The summed E-state index contributed by atoms with van der Waals surface area (Å²) < 4.78 is 3.56.